The predicted octanol–water partition coefficient (Wildman–Crippen LogP) is 2.46. The van der Waals surface area contributed by atoms with Gasteiger partial charge in [-0.3, -0.25) is 25.8 Å². The highest BCUT2D eigenvalue weighted by Crippen LogP contribution is 2.18. The highest BCUT2D eigenvalue weighted by Gasteiger charge is 2.15. The second kappa shape index (κ2) is 10.5. The van der Waals surface area contributed by atoms with Crippen LogP contribution in [-0.2, 0) is 11.3 Å². The number of hydrogen-bond acceptors (Lipinski definition) is 6. The first-order chi connectivity index (χ1) is 14.5. The fraction of sp³-hybridized carbons (Fsp3) is 0.300. The second-order valence-corrected chi connectivity index (χ2v) is 7.07. The molecule has 1 heterocycles. The summed E-state index contributed by atoms with van der Waals surface area (Å²) in [4.78, 5) is 22.6. The Balaban J connectivity index is 1.45. The summed E-state index contributed by atoms with van der Waals surface area (Å²) in [6.07, 6.45) is 2.19. The van der Waals surface area contributed by atoms with Gasteiger partial charge in [-0.05, 0) is 54.9 Å². The zero-order valence-corrected chi connectivity index (χ0v) is 16.9. The molecule has 0 bridgehead atoms. The Morgan fingerprint density at radius 2 is 2.03 bits per heavy atom. The van der Waals surface area contributed by atoms with Crippen LogP contribution in [0.15, 0.2) is 48.5 Å². The third-order valence-corrected chi connectivity index (χ3v) is 4.69. The van der Waals surface area contributed by atoms with Crippen LogP contribution in [-0.4, -0.2) is 35.2 Å². The molecule has 1 atom stereocenters. The summed E-state index contributed by atoms with van der Waals surface area (Å²) < 4.78 is 11.1. The molecule has 1 fully saturated rings. The Morgan fingerprint density at radius 1 is 1.23 bits per heavy atom. The summed E-state index contributed by atoms with van der Waals surface area (Å²) >= 11 is 5.15. The van der Waals surface area contributed by atoms with E-state index < -0.39 is 4.92 Å². The first-order valence-electron chi connectivity index (χ1n) is 9.43. The number of nitro groups is 1. The molecule has 10 heteroatoms. The zero-order valence-electron chi connectivity index (χ0n) is 16.1. The van der Waals surface area contributed by atoms with Crippen molar-refractivity contribution < 1.29 is 19.2 Å². The molecule has 0 saturated carbocycles. The Bertz CT molecular complexity index is 900. The van der Waals surface area contributed by atoms with Gasteiger partial charge in [-0.25, -0.2) is 0 Å². The van der Waals surface area contributed by atoms with E-state index in [1.807, 2.05) is 6.07 Å². The van der Waals surface area contributed by atoms with E-state index in [4.69, 9.17) is 21.7 Å². The van der Waals surface area contributed by atoms with Gasteiger partial charge in [-0.15, -0.1) is 0 Å². The number of nitrogens with zero attached hydrogens (tertiary/aromatic N) is 1. The summed E-state index contributed by atoms with van der Waals surface area (Å²) in [5, 5.41) is 14.0. The molecule has 9 nitrogen and oxygen atoms in total. The van der Waals surface area contributed by atoms with Crippen LogP contribution < -0.4 is 20.9 Å². The molecule has 0 radical (unpaired) electrons. The van der Waals surface area contributed by atoms with Crippen LogP contribution in [0.5, 0.6) is 5.75 Å². The van der Waals surface area contributed by atoms with Crippen molar-refractivity contribution in [2.24, 2.45) is 0 Å². The van der Waals surface area contributed by atoms with Crippen molar-refractivity contribution in [2.75, 3.05) is 13.2 Å². The molecular weight excluding hydrogens is 408 g/mol. The van der Waals surface area contributed by atoms with E-state index in [0.717, 1.165) is 25.0 Å². The molecule has 0 aliphatic carbocycles. The summed E-state index contributed by atoms with van der Waals surface area (Å²) in [6, 6.07) is 12.8. The Kier molecular flexibility index (Phi) is 7.52. The highest BCUT2D eigenvalue weighted by atomic mass is 32.1. The number of amides is 1. The number of hydrogen-bond donors (Lipinski definition) is 3. The number of thiocarbonyl (C=S) groups is 1. The largest absolute Gasteiger partial charge is 0.489 e. The Hall–Kier alpha value is -3.24. The number of nitrogens with one attached hydrogen (secondary N) is 3. The molecule has 1 amide bonds. The SMILES string of the molecule is O=C(NNC(=S)NC[C@H]1CCCO1)c1cccc(COc2ccc([N+](=O)[O-])cc2)c1. The summed E-state index contributed by atoms with van der Waals surface area (Å²) in [7, 11) is 0. The van der Waals surface area contributed by atoms with Crippen molar-refractivity contribution in [2.45, 2.75) is 25.6 Å². The average Bonchev–Trinajstić information content (AvgIpc) is 3.29. The number of ether oxygens (including phenoxy) is 2. The summed E-state index contributed by atoms with van der Waals surface area (Å²) in [6.45, 7) is 1.58. The molecule has 2 aromatic rings. The minimum atomic E-state index is -0.469. The van der Waals surface area contributed by atoms with Crippen molar-refractivity contribution in [1.29, 1.82) is 0 Å². The highest BCUT2D eigenvalue weighted by molar-refractivity contribution is 7.80. The maximum atomic E-state index is 12.3. The van der Waals surface area contributed by atoms with Crippen LogP contribution in [0.3, 0.4) is 0 Å². The van der Waals surface area contributed by atoms with Gasteiger partial charge in [-0.2, -0.15) is 0 Å². The van der Waals surface area contributed by atoms with E-state index in [9.17, 15) is 14.9 Å². The third kappa shape index (κ3) is 6.39. The molecule has 158 valence electrons. The number of carbonyl (C=O) groups is 1. The quantitative estimate of drug-likeness (QED) is 0.349. The van der Waals surface area contributed by atoms with Crippen LogP contribution >= 0.6 is 12.2 Å². The molecule has 30 heavy (non-hydrogen) atoms. The lowest BCUT2D eigenvalue weighted by molar-refractivity contribution is -0.384. The molecule has 3 rings (SSSR count). The maximum Gasteiger partial charge on any atom is 0.269 e. The monoisotopic (exact) mass is 430 g/mol. The first kappa shape index (κ1) is 21.5. The lowest BCUT2D eigenvalue weighted by Gasteiger charge is -2.14. The molecule has 2 aromatic carbocycles. The van der Waals surface area contributed by atoms with Crippen LogP contribution in [0.25, 0.3) is 0 Å². The van der Waals surface area contributed by atoms with E-state index in [2.05, 4.69) is 16.2 Å². The second-order valence-electron chi connectivity index (χ2n) is 6.66. The first-order valence-corrected chi connectivity index (χ1v) is 9.84. The van der Waals surface area contributed by atoms with E-state index in [1.54, 1.807) is 18.2 Å². The van der Waals surface area contributed by atoms with E-state index in [0.29, 0.717) is 23.0 Å². The number of nitro benzene ring substituents is 1. The lowest BCUT2D eigenvalue weighted by Crippen LogP contribution is -2.48. The van der Waals surface area contributed by atoms with Crippen LogP contribution in [0.4, 0.5) is 5.69 Å². The lowest BCUT2D eigenvalue weighted by atomic mass is 10.1. The van der Waals surface area contributed by atoms with E-state index in [-0.39, 0.29) is 24.3 Å². The van der Waals surface area contributed by atoms with Crippen LogP contribution in [0.2, 0.25) is 0 Å². The van der Waals surface area contributed by atoms with Gasteiger partial charge in [-0.1, -0.05) is 12.1 Å². The standard InChI is InChI=1S/C20H22N4O5S/c25-19(22-23-20(30)21-12-18-5-2-10-28-18)15-4-1-3-14(11-15)13-29-17-8-6-16(7-9-17)24(26)27/h1,3-4,6-9,11,18H,2,5,10,12-13H2,(H,22,25)(H2,21,23,30)/t18-/m1/s1. The normalized spacial score (nSPS) is 15.3. The van der Waals surface area contributed by atoms with Gasteiger partial charge in [0.15, 0.2) is 5.11 Å². The summed E-state index contributed by atoms with van der Waals surface area (Å²) in [5.41, 5.74) is 6.44. The summed E-state index contributed by atoms with van der Waals surface area (Å²) in [5.74, 6) is 0.160. The van der Waals surface area contributed by atoms with Gasteiger partial charge >= 0.3 is 0 Å². The smallest absolute Gasteiger partial charge is 0.269 e. The number of benzene rings is 2. The fourth-order valence-electron chi connectivity index (χ4n) is 2.87. The van der Waals surface area contributed by atoms with Crippen molar-refractivity contribution in [3.05, 3.63) is 69.8 Å². The van der Waals surface area contributed by atoms with Gasteiger partial charge in [0.2, 0.25) is 0 Å². The van der Waals surface area contributed by atoms with E-state index in [1.165, 1.54) is 24.3 Å². The van der Waals surface area contributed by atoms with Gasteiger partial charge in [0, 0.05) is 30.8 Å². The van der Waals surface area contributed by atoms with Crippen molar-refractivity contribution in [3.63, 3.8) is 0 Å². The van der Waals surface area contributed by atoms with Crippen molar-refractivity contribution in [1.82, 2.24) is 16.2 Å². The molecule has 1 aliphatic heterocycles. The van der Waals surface area contributed by atoms with Gasteiger partial charge < -0.3 is 14.8 Å². The average molecular weight is 430 g/mol. The van der Waals surface area contributed by atoms with E-state index >= 15 is 0 Å². The molecular formula is C20H22N4O5S. The fourth-order valence-corrected chi connectivity index (χ4v) is 3.01. The van der Waals surface area contributed by atoms with Crippen molar-refractivity contribution in [3.8, 4) is 5.75 Å². The van der Waals surface area contributed by atoms with Crippen LogP contribution in [0.1, 0.15) is 28.8 Å². The molecule has 0 aromatic heterocycles. The molecule has 1 saturated heterocycles. The van der Waals surface area contributed by atoms with Crippen LogP contribution in [0, 0.1) is 10.1 Å². The molecule has 3 N–H and O–H groups in total. The maximum absolute atomic E-state index is 12.3. The number of rotatable bonds is 7. The number of non-ortho nitro benzene ring substituents is 1. The number of carbonyl (C=O) groups excluding carboxylic acids is 1. The minimum absolute atomic E-state index is 0.00306. The topological polar surface area (TPSA) is 115 Å². The molecule has 0 spiro atoms. The van der Waals surface area contributed by atoms with Gasteiger partial charge in [0.1, 0.15) is 12.4 Å². The zero-order chi connectivity index (χ0) is 21.3. The molecule has 1 aliphatic rings. The minimum Gasteiger partial charge on any atom is -0.489 e. The Morgan fingerprint density at radius 3 is 2.73 bits per heavy atom. The Labute approximate surface area is 178 Å². The molecule has 0 unspecified atom stereocenters. The van der Waals surface area contributed by atoms with Crippen molar-refractivity contribution >= 4 is 28.9 Å². The van der Waals surface area contributed by atoms with Gasteiger partial charge in [0.25, 0.3) is 11.6 Å². The number of hydrazine groups is 1. The third-order valence-electron chi connectivity index (χ3n) is 4.45. The predicted molar refractivity (Wildman–Crippen MR) is 114 cm³/mol. The van der Waals surface area contributed by atoms with Gasteiger partial charge in [0.05, 0.1) is 11.0 Å².